The van der Waals surface area contributed by atoms with E-state index in [2.05, 4.69) is 10.6 Å². The van der Waals surface area contributed by atoms with Crippen LogP contribution in [0.25, 0.3) is 0 Å². The molecule has 4 aromatic rings. The highest BCUT2D eigenvalue weighted by Gasteiger charge is 2.23. The van der Waals surface area contributed by atoms with Crippen LogP contribution >= 0.6 is 0 Å². The zero-order valence-corrected chi connectivity index (χ0v) is 28.3. The van der Waals surface area contributed by atoms with Gasteiger partial charge in [0.25, 0.3) is 5.91 Å². The fraction of sp³-hybridized carbons (Fsp3) is 0.216. The van der Waals surface area contributed by atoms with Crippen LogP contribution in [-0.4, -0.2) is 77.7 Å². The van der Waals surface area contributed by atoms with Crippen LogP contribution in [0.3, 0.4) is 0 Å². The van der Waals surface area contributed by atoms with Gasteiger partial charge in [-0.25, -0.2) is 4.79 Å². The summed E-state index contributed by atoms with van der Waals surface area (Å²) < 4.78 is 15.7. The van der Waals surface area contributed by atoms with Gasteiger partial charge >= 0.3 is 12.0 Å². The van der Waals surface area contributed by atoms with Crippen LogP contribution in [0, 0.1) is 0 Å². The maximum absolute atomic E-state index is 13.6. The van der Waals surface area contributed by atoms with Gasteiger partial charge in [-0.1, -0.05) is 42.5 Å². The average molecular weight is 682 g/mol. The number of ether oxygens (including phenoxy) is 3. The molecule has 2 N–H and O–H groups in total. The number of anilines is 4. The normalized spacial score (nSPS) is 10.3. The zero-order valence-electron chi connectivity index (χ0n) is 28.3. The molecule has 0 aliphatic heterocycles. The van der Waals surface area contributed by atoms with Crippen molar-refractivity contribution in [2.45, 2.75) is 6.42 Å². The lowest BCUT2D eigenvalue weighted by atomic mass is 10.1. The van der Waals surface area contributed by atoms with Gasteiger partial charge in [-0.15, -0.1) is 0 Å². The molecule has 5 amide bonds. The van der Waals surface area contributed by atoms with Crippen LogP contribution in [0.5, 0.6) is 11.5 Å². The monoisotopic (exact) mass is 681 g/mol. The molecule has 13 nitrogen and oxygen atoms in total. The Balaban J connectivity index is 1.47. The van der Waals surface area contributed by atoms with Crippen molar-refractivity contribution in [1.82, 2.24) is 5.32 Å². The Morgan fingerprint density at radius 3 is 2.02 bits per heavy atom. The summed E-state index contributed by atoms with van der Waals surface area (Å²) in [4.78, 5) is 68.5. The molecule has 0 aliphatic carbocycles. The van der Waals surface area contributed by atoms with E-state index in [1.807, 2.05) is 6.07 Å². The number of para-hydroxylation sites is 1. The van der Waals surface area contributed by atoms with Crippen LogP contribution in [-0.2, 0) is 30.3 Å². The molecule has 0 aromatic heterocycles. The third kappa shape index (κ3) is 10.3. The summed E-state index contributed by atoms with van der Waals surface area (Å²) in [5.41, 5.74) is 2.61. The van der Waals surface area contributed by atoms with Crippen molar-refractivity contribution < 1.29 is 38.2 Å². The summed E-state index contributed by atoms with van der Waals surface area (Å²) in [7, 11) is 6.05. The van der Waals surface area contributed by atoms with E-state index in [9.17, 15) is 24.0 Å². The van der Waals surface area contributed by atoms with Gasteiger partial charge in [-0.05, 0) is 54.1 Å². The van der Waals surface area contributed by atoms with Crippen molar-refractivity contribution >= 4 is 52.5 Å². The maximum Gasteiger partial charge on any atom is 0.319 e. The number of esters is 1. The first-order valence-corrected chi connectivity index (χ1v) is 15.5. The van der Waals surface area contributed by atoms with Crippen LogP contribution < -0.4 is 34.8 Å². The van der Waals surface area contributed by atoms with E-state index in [1.54, 1.807) is 118 Å². The van der Waals surface area contributed by atoms with Crippen molar-refractivity contribution in [3.63, 3.8) is 0 Å². The summed E-state index contributed by atoms with van der Waals surface area (Å²) >= 11 is 0. The van der Waals surface area contributed by atoms with E-state index in [0.29, 0.717) is 34.1 Å². The van der Waals surface area contributed by atoms with Gasteiger partial charge in [-0.3, -0.25) is 19.2 Å². The lowest BCUT2D eigenvalue weighted by Gasteiger charge is -2.26. The van der Waals surface area contributed by atoms with Crippen molar-refractivity contribution in [2.24, 2.45) is 0 Å². The van der Waals surface area contributed by atoms with Gasteiger partial charge in [0.15, 0.2) is 6.61 Å². The number of carbonyl (C=O) groups is 5. The molecule has 4 aromatic carbocycles. The number of likely N-dealkylation sites (N-methyl/N-ethyl adjacent to an activating group) is 2. The predicted octanol–water partition coefficient (Wildman–Crippen LogP) is 4.27. The lowest BCUT2D eigenvalue weighted by Crippen LogP contribution is -2.46. The molecule has 0 unspecified atom stereocenters. The Bertz CT molecular complexity index is 1820. The lowest BCUT2D eigenvalue weighted by molar-refractivity contribution is -0.139. The molecule has 0 atom stereocenters. The number of carbonyl (C=O) groups excluding carboxylic acids is 5. The number of hydrogen-bond acceptors (Lipinski definition) is 8. The van der Waals surface area contributed by atoms with Gasteiger partial charge in [0.2, 0.25) is 11.8 Å². The van der Waals surface area contributed by atoms with Crippen molar-refractivity contribution in [1.29, 1.82) is 0 Å². The topological polar surface area (TPSA) is 147 Å². The molecule has 0 spiro atoms. The fourth-order valence-electron chi connectivity index (χ4n) is 4.73. The molecule has 50 heavy (non-hydrogen) atoms. The third-order valence-electron chi connectivity index (χ3n) is 7.58. The second-order valence-electron chi connectivity index (χ2n) is 11.0. The highest BCUT2D eigenvalue weighted by Crippen LogP contribution is 2.24. The SMILES string of the molecule is COC(=O)Cc1cccc(NC(=O)NCC(=O)N(CC(=O)N(C)c2ccccc2)c2cccc(OCC(=O)N(C)c3cccc(OC)c3)c2)c1. The number of nitrogens with one attached hydrogen (secondary N) is 2. The van der Waals surface area contributed by atoms with Crippen molar-refractivity contribution in [2.75, 3.05) is 68.0 Å². The smallest absolute Gasteiger partial charge is 0.319 e. The highest BCUT2D eigenvalue weighted by atomic mass is 16.5. The van der Waals surface area contributed by atoms with Crippen LogP contribution in [0.2, 0.25) is 0 Å². The standard InChI is InChI=1S/C37H39N5O8/c1-40(28-13-6-5-7-14-28)34(44)24-42(33(43)23-38-37(47)39-27-12-8-11-26(19-27)20-36(46)49-4)30-16-10-18-32(22-30)50-25-35(45)41(2)29-15-9-17-31(21-29)48-3/h5-19,21-22H,20,23-25H2,1-4H3,(H2,38,39,47). The predicted molar refractivity (Wildman–Crippen MR) is 190 cm³/mol. The van der Waals surface area contributed by atoms with E-state index < -0.39 is 30.4 Å². The van der Waals surface area contributed by atoms with Gasteiger partial charge < -0.3 is 39.5 Å². The number of methoxy groups -OCH3 is 2. The number of urea groups is 1. The Morgan fingerprint density at radius 1 is 0.660 bits per heavy atom. The molecule has 0 aliphatic rings. The third-order valence-corrected chi connectivity index (χ3v) is 7.58. The molecule has 0 fully saturated rings. The summed E-state index contributed by atoms with van der Waals surface area (Å²) in [5, 5.41) is 5.17. The van der Waals surface area contributed by atoms with Crippen LogP contribution in [0.4, 0.5) is 27.5 Å². The van der Waals surface area contributed by atoms with Gasteiger partial charge in [0.1, 0.15) is 18.0 Å². The van der Waals surface area contributed by atoms with Gasteiger partial charge in [0, 0.05) is 49.0 Å². The number of benzene rings is 4. The molecular weight excluding hydrogens is 642 g/mol. The Morgan fingerprint density at radius 2 is 1.30 bits per heavy atom. The number of amides is 5. The minimum atomic E-state index is -0.669. The minimum absolute atomic E-state index is 0.0302. The molecule has 13 heteroatoms. The van der Waals surface area contributed by atoms with Gasteiger partial charge in [0.05, 0.1) is 27.2 Å². The van der Waals surface area contributed by atoms with Crippen molar-refractivity contribution in [3.05, 3.63) is 109 Å². The molecule has 0 bridgehead atoms. The summed E-state index contributed by atoms with van der Waals surface area (Å²) in [5.74, 6) is -0.842. The van der Waals surface area contributed by atoms with E-state index in [0.717, 1.165) is 0 Å². The van der Waals surface area contributed by atoms with Crippen LogP contribution in [0.1, 0.15) is 5.56 Å². The second-order valence-corrected chi connectivity index (χ2v) is 11.0. The zero-order chi connectivity index (χ0) is 36.0. The molecular formula is C37H39N5O8. The largest absolute Gasteiger partial charge is 0.497 e. The number of nitrogens with zero attached hydrogens (tertiary/aromatic N) is 3. The Labute approximate surface area is 290 Å². The van der Waals surface area contributed by atoms with Gasteiger partial charge in [-0.2, -0.15) is 0 Å². The Kier molecular flexibility index (Phi) is 12.9. The van der Waals surface area contributed by atoms with Crippen molar-refractivity contribution in [3.8, 4) is 11.5 Å². The number of rotatable bonds is 14. The molecule has 0 saturated heterocycles. The first-order valence-electron chi connectivity index (χ1n) is 15.5. The first-order chi connectivity index (χ1) is 24.1. The average Bonchev–Trinajstić information content (AvgIpc) is 3.14. The van der Waals surface area contributed by atoms with E-state index in [-0.39, 0.29) is 31.2 Å². The summed E-state index contributed by atoms with van der Waals surface area (Å²) in [6, 6.07) is 28.4. The van der Waals surface area contributed by atoms with E-state index >= 15 is 0 Å². The quantitative estimate of drug-likeness (QED) is 0.188. The first kappa shape index (κ1) is 36.5. The second kappa shape index (κ2) is 17.7. The molecule has 0 saturated carbocycles. The molecule has 260 valence electrons. The highest BCUT2D eigenvalue weighted by molar-refractivity contribution is 6.05. The van der Waals surface area contributed by atoms with E-state index in [1.165, 1.54) is 21.8 Å². The Hall–Kier alpha value is -6.37. The molecule has 4 rings (SSSR count). The maximum atomic E-state index is 13.6. The van der Waals surface area contributed by atoms with Crippen LogP contribution in [0.15, 0.2) is 103 Å². The molecule has 0 radical (unpaired) electrons. The number of hydrogen-bond donors (Lipinski definition) is 2. The fourth-order valence-corrected chi connectivity index (χ4v) is 4.73. The summed E-state index contributed by atoms with van der Waals surface area (Å²) in [6.07, 6.45) is 0.0302. The summed E-state index contributed by atoms with van der Waals surface area (Å²) in [6.45, 7) is -1.11. The minimum Gasteiger partial charge on any atom is -0.497 e. The van der Waals surface area contributed by atoms with E-state index in [4.69, 9.17) is 14.2 Å². The molecule has 0 heterocycles.